The summed E-state index contributed by atoms with van der Waals surface area (Å²) in [5.41, 5.74) is 1.96. The Morgan fingerprint density at radius 1 is 1.18 bits per heavy atom. The van der Waals surface area contributed by atoms with E-state index in [1.807, 2.05) is 12.1 Å². The highest BCUT2D eigenvalue weighted by molar-refractivity contribution is 9.10. The number of fused-ring (bicyclic) bond motifs is 1. The second-order valence-corrected chi connectivity index (χ2v) is 11.9. The summed E-state index contributed by atoms with van der Waals surface area (Å²) >= 11 is 6.74. The highest BCUT2D eigenvalue weighted by atomic mass is 79.9. The van der Waals surface area contributed by atoms with E-state index in [1.54, 1.807) is 11.8 Å². The maximum atomic E-state index is 12.8. The van der Waals surface area contributed by atoms with Crippen molar-refractivity contribution in [3.8, 4) is 0 Å². The number of Topliss-reactive ketones (excluding diaryl/α,β-unsaturated/α-hetero) is 2. The van der Waals surface area contributed by atoms with E-state index in [0.29, 0.717) is 13.0 Å². The molecule has 0 amide bonds. The molecule has 2 aliphatic heterocycles. The third-order valence-electron chi connectivity index (χ3n) is 5.14. The molecule has 0 atom stereocenters. The van der Waals surface area contributed by atoms with Crippen molar-refractivity contribution >= 4 is 56.3 Å². The first-order chi connectivity index (χ1) is 13.3. The number of halogens is 1. The van der Waals surface area contributed by atoms with Gasteiger partial charge in [0.1, 0.15) is 0 Å². The van der Waals surface area contributed by atoms with Gasteiger partial charge < -0.3 is 4.90 Å². The SMILES string of the molecule is CC1(C)CC(=O)c2cc(C(=O)CN3CCN(c4cccc(Br)c4)CC3)sc2S1. The van der Waals surface area contributed by atoms with Crippen molar-refractivity contribution in [2.75, 3.05) is 37.6 Å². The van der Waals surface area contributed by atoms with Gasteiger partial charge in [0.15, 0.2) is 11.6 Å². The van der Waals surface area contributed by atoms with Crippen molar-refractivity contribution in [1.82, 2.24) is 4.90 Å². The first-order valence-corrected chi connectivity index (χ1v) is 11.9. The quantitative estimate of drug-likeness (QED) is 0.579. The van der Waals surface area contributed by atoms with Gasteiger partial charge in [0, 0.05) is 53.1 Å². The smallest absolute Gasteiger partial charge is 0.186 e. The monoisotopic (exact) mass is 478 g/mol. The van der Waals surface area contributed by atoms with E-state index in [-0.39, 0.29) is 16.3 Å². The highest BCUT2D eigenvalue weighted by Gasteiger charge is 2.34. The van der Waals surface area contributed by atoms with Crippen LogP contribution in [0, 0.1) is 0 Å². The van der Waals surface area contributed by atoms with Crippen molar-refractivity contribution in [3.05, 3.63) is 45.2 Å². The molecule has 2 aromatic rings. The Bertz CT molecular complexity index is 917. The van der Waals surface area contributed by atoms with E-state index >= 15 is 0 Å². The molecule has 1 saturated heterocycles. The lowest BCUT2D eigenvalue weighted by molar-refractivity contribution is 0.0930. The van der Waals surface area contributed by atoms with Crippen molar-refractivity contribution in [2.24, 2.45) is 0 Å². The van der Waals surface area contributed by atoms with Crippen LogP contribution < -0.4 is 4.90 Å². The van der Waals surface area contributed by atoms with Gasteiger partial charge in [-0.2, -0.15) is 0 Å². The summed E-state index contributed by atoms with van der Waals surface area (Å²) in [6.07, 6.45) is 0.534. The molecule has 0 bridgehead atoms. The Hall–Kier alpha value is -1.15. The fourth-order valence-electron chi connectivity index (χ4n) is 3.67. The molecule has 1 aromatic heterocycles. The lowest BCUT2D eigenvalue weighted by atomic mass is 10.0. The molecule has 1 fully saturated rings. The minimum Gasteiger partial charge on any atom is -0.369 e. The standard InChI is InChI=1S/C21H23BrN2O2S2/c1-21(2)12-17(25)16-11-19(27-20(16)28-21)18(26)13-23-6-8-24(9-7-23)15-5-3-4-14(22)10-15/h3-5,10-11H,6-9,12-13H2,1-2H3. The van der Waals surface area contributed by atoms with Crippen LogP contribution in [0.3, 0.4) is 0 Å². The van der Waals surface area contributed by atoms with Crippen molar-refractivity contribution < 1.29 is 9.59 Å². The lowest BCUT2D eigenvalue weighted by Crippen LogP contribution is -2.47. The van der Waals surface area contributed by atoms with E-state index in [0.717, 1.165) is 45.3 Å². The Balaban J connectivity index is 1.37. The molecule has 28 heavy (non-hydrogen) atoms. The predicted molar refractivity (Wildman–Crippen MR) is 120 cm³/mol. The van der Waals surface area contributed by atoms with E-state index in [2.05, 4.69) is 57.8 Å². The maximum absolute atomic E-state index is 12.8. The van der Waals surface area contributed by atoms with Crippen molar-refractivity contribution in [1.29, 1.82) is 0 Å². The molecule has 2 aliphatic rings. The zero-order valence-corrected chi connectivity index (χ0v) is 19.3. The van der Waals surface area contributed by atoms with Gasteiger partial charge in [0.2, 0.25) is 0 Å². The topological polar surface area (TPSA) is 40.6 Å². The second kappa shape index (κ2) is 7.94. The summed E-state index contributed by atoms with van der Waals surface area (Å²) in [7, 11) is 0. The zero-order valence-electron chi connectivity index (χ0n) is 16.0. The molecule has 1 aromatic carbocycles. The van der Waals surface area contributed by atoms with Crippen LogP contribution in [-0.2, 0) is 0 Å². The average molecular weight is 479 g/mol. The number of hydrogen-bond donors (Lipinski definition) is 0. The third-order valence-corrected chi connectivity index (χ3v) is 8.21. The Morgan fingerprint density at radius 2 is 1.93 bits per heavy atom. The third kappa shape index (κ3) is 4.37. The molecule has 0 radical (unpaired) electrons. The molecule has 4 nitrogen and oxygen atoms in total. The fraction of sp³-hybridized carbons (Fsp3) is 0.429. The number of nitrogens with zero attached hydrogens (tertiary/aromatic N) is 2. The molecule has 0 unspecified atom stereocenters. The molecule has 0 spiro atoms. The van der Waals surface area contributed by atoms with Crippen LogP contribution in [0.15, 0.2) is 39.0 Å². The number of piperazine rings is 1. The normalized spacial score (nSPS) is 19.5. The van der Waals surface area contributed by atoms with Gasteiger partial charge in [0.05, 0.1) is 15.6 Å². The molecule has 0 N–H and O–H groups in total. The minimum atomic E-state index is -0.0853. The number of hydrogen-bond acceptors (Lipinski definition) is 6. The van der Waals surface area contributed by atoms with Gasteiger partial charge in [-0.1, -0.05) is 22.0 Å². The largest absolute Gasteiger partial charge is 0.369 e. The zero-order chi connectivity index (χ0) is 19.9. The predicted octanol–water partition coefficient (Wildman–Crippen LogP) is 4.97. The van der Waals surface area contributed by atoms with Crippen molar-refractivity contribution in [3.63, 3.8) is 0 Å². The van der Waals surface area contributed by atoms with Gasteiger partial charge >= 0.3 is 0 Å². The van der Waals surface area contributed by atoms with E-state index in [1.165, 1.54) is 17.0 Å². The molecule has 7 heteroatoms. The molecule has 0 aliphatic carbocycles. The van der Waals surface area contributed by atoms with Crippen LogP contribution in [0.5, 0.6) is 0 Å². The first kappa shape index (κ1) is 20.1. The summed E-state index contributed by atoms with van der Waals surface area (Å²) in [4.78, 5) is 30.5. The molecule has 0 saturated carbocycles. The number of carbonyl (C=O) groups is 2. The summed E-state index contributed by atoms with van der Waals surface area (Å²) < 4.78 is 2.00. The van der Waals surface area contributed by atoms with Crippen LogP contribution in [0.2, 0.25) is 0 Å². The van der Waals surface area contributed by atoms with Gasteiger partial charge in [-0.3, -0.25) is 14.5 Å². The summed E-state index contributed by atoms with van der Waals surface area (Å²) in [6.45, 7) is 8.15. The number of benzene rings is 1. The van der Waals surface area contributed by atoms with Crippen LogP contribution in [0.25, 0.3) is 0 Å². The number of thioether (sulfide) groups is 1. The molecule has 3 heterocycles. The molecular formula is C21H23BrN2O2S2. The summed E-state index contributed by atoms with van der Waals surface area (Å²) in [6, 6.07) is 10.2. The number of anilines is 1. The molecular weight excluding hydrogens is 456 g/mol. The summed E-state index contributed by atoms with van der Waals surface area (Å²) in [5, 5.41) is 0. The minimum absolute atomic E-state index is 0.0853. The molecule has 4 rings (SSSR count). The van der Waals surface area contributed by atoms with Crippen LogP contribution in [-0.4, -0.2) is 53.9 Å². The van der Waals surface area contributed by atoms with Crippen LogP contribution in [0.4, 0.5) is 5.69 Å². The number of rotatable bonds is 4. The van der Waals surface area contributed by atoms with Crippen LogP contribution >= 0.6 is 39.0 Å². The van der Waals surface area contributed by atoms with E-state index < -0.39 is 0 Å². The van der Waals surface area contributed by atoms with Crippen LogP contribution in [0.1, 0.15) is 40.3 Å². The number of ketones is 2. The van der Waals surface area contributed by atoms with Gasteiger partial charge in [-0.05, 0) is 38.1 Å². The first-order valence-electron chi connectivity index (χ1n) is 9.43. The average Bonchev–Trinajstić information content (AvgIpc) is 3.05. The van der Waals surface area contributed by atoms with Gasteiger partial charge in [-0.15, -0.1) is 23.1 Å². The Labute approximate surface area is 182 Å². The Morgan fingerprint density at radius 3 is 2.64 bits per heavy atom. The van der Waals surface area contributed by atoms with E-state index in [4.69, 9.17) is 0 Å². The van der Waals surface area contributed by atoms with Gasteiger partial charge in [-0.25, -0.2) is 0 Å². The fourth-order valence-corrected chi connectivity index (χ4v) is 6.99. The van der Waals surface area contributed by atoms with E-state index in [9.17, 15) is 9.59 Å². The second-order valence-electron chi connectivity index (χ2n) is 7.94. The van der Waals surface area contributed by atoms with Crippen molar-refractivity contribution in [2.45, 2.75) is 29.2 Å². The highest BCUT2D eigenvalue weighted by Crippen LogP contribution is 2.46. The maximum Gasteiger partial charge on any atom is 0.186 e. The number of carbonyl (C=O) groups excluding carboxylic acids is 2. The lowest BCUT2D eigenvalue weighted by Gasteiger charge is -2.35. The summed E-state index contributed by atoms with van der Waals surface area (Å²) in [5.74, 6) is 0.290. The number of thiophene rings is 1. The molecule has 148 valence electrons. The van der Waals surface area contributed by atoms with Gasteiger partial charge in [0.25, 0.3) is 0 Å². The Kier molecular flexibility index (Phi) is 5.71.